The van der Waals surface area contributed by atoms with Gasteiger partial charge >= 0.3 is 0 Å². The first-order valence-electron chi connectivity index (χ1n) is 9.83. The Labute approximate surface area is 175 Å². The lowest BCUT2D eigenvalue weighted by Crippen LogP contribution is -2.56. The molecule has 154 valence electrons. The van der Waals surface area contributed by atoms with Crippen molar-refractivity contribution in [1.29, 1.82) is 0 Å². The summed E-state index contributed by atoms with van der Waals surface area (Å²) in [5.74, 6) is 0.714. The molecule has 2 aliphatic rings. The van der Waals surface area contributed by atoms with Crippen molar-refractivity contribution in [1.82, 2.24) is 25.5 Å². The average molecular weight is 416 g/mol. The predicted molar refractivity (Wildman–Crippen MR) is 114 cm³/mol. The Morgan fingerprint density at radius 2 is 1.97 bits per heavy atom. The number of hydrogen-bond acceptors (Lipinski definition) is 7. The standard InChI is InChI=1S/C20H26ClN7O/c1-13-14(12-22-20(23-13)28-9-7-27(2)8-10-28)17-11-18(29)26-19(25-17)24-16-6-4-3-5-15(16)21/h3-6,12,17,19,24-25H,7-11H2,1-2H3,(H,26,29). The number of aryl methyl sites for hydroxylation is 1. The van der Waals surface area contributed by atoms with Crippen LogP contribution < -0.4 is 20.9 Å². The zero-order valence-electron chi connectivity index (χ0n) is 16.7. The number of rotatable bonds is 4. The molecular weight excluding hydrogens is 390 g/mol. The number of carbonyl (C=O) groups is 1. The third-order valence-electron chi connectivity index (χ3n) is 5.40. The number of likely N-dealkylation sites (N-methyl/N-ethyl adjacent to an activating group) is 1. The van der Waals surface area contributed by atoms with Crippen LogP contribution in [0.2, 0.25) is 5.02 Å². The number of anilines is 2. The van der Waals surface area contributed by atoms with Crippen molar-refractivity contribution in [3.8, 4) is 0 Å². The number of aromatic nitrogens is 2. The van der Waals surface area contributed by atoms with E-state index >= 15 is 0 Å². The van der Waals surface area contributed by atoms with Gasteiger partial charge in [0.2, 0.25) is 11.9 Å². The van der Waals surface area contributed by atoms with Crippen LogP contribution in [0.4, 0.5) is 11.6 Å². The van der Waals surface area contributed by atoms with E-state index in [1.54, 1.807) is 6.07 Å². The summed E-state index contributed by atoms with van der Waals surface area (Å²) in [5, 5.41) is 10.2. The third-order valence-corrected chi connectivity index (χ3v) is 5.73. The van der Waals surface area contributed by atoms with Gasteiger partial charge in [0.15, 0.2) is 6.29 Å². The molecule has 2 aromatic rings. The van der Waals surface area contributed by atoms with Crippen LogP contribution in [-0.4, -0.2) is 60.3 Å². The van der Waals surface area contributed by atoms with Crippen molar-refractivity contribution < 1.29 is 4.79 Å². The number of nitrogens with zero attached hydrogens (tertiary/aromatic N) is 4. The van der Waals surface area contributed by atoms with Gasteiger partial charge in [0.05, 0.1) is 10.7 Å². The maximum Gasteiger partial charge on any atom is 0.225 e. The predicted octanol–water partition coefficient (Wildman–Crippen LogP) is 1.74. The van der Waals surface area contributed by atoms with Gasteiger partial charge in [0, 0.05) is 56.1 Å². The van der Waals surface area contributed by atoms with E-state index in [2.05, 4.69) is 37.8 Å². The maximum atomic E-state index is 12.3. The number of nitrogens with one attached hydrogen (secondary N) is 3. The number of amides is 1. The summed E-state index contributed by atoms with van der Waals surface area (Å²) in [6.07, 6.45) is 1.75. The Bertz CT molecular complexity index is 885. The van der Waals surface area contributed by atoms with Crippen LogP contribution in [0.15, 0.2) is 30.5 Å². The molecule has 2 atom stereocenters. The largest absolute Gasteiger partial charge is 0.352 e. The maximum absolute atomic E-state index is 12.3. The SMILES string of the molecule is Cc1nc(N2CCN(C)CC2)ncc1C1CC(=O)NC(Nc2ccccc2Cl)N1. The molecule has 0 saturated carbocycles. The Hall–Kier alpha value is -2.42. The molecule has 0 spiro atoms. The minimum atomic E-state index is -0.433. The molecule has 0 radical (unpaired) electrons. The van der Waals surface area contributed by atoms with Gasteiger partial charge in [-0.1, -0.05) is 23.7 Å². The fraction of sp³-hybridized carbons (Fsp3) is 0.450. The van der Waals surface area contributed by atoms with Gasteiger partial charge in [-0.05, 0) is 26.1 Å². The average Bonchev–Trinajstić information content (AvgIpc) is 2.70. The molecule has 1 aromatic heterocycles. The van der Waals surface area contributed by atoms with Crippen LogP contribution in [0.5, 0.6) is 0 Å². The molecule has 0 aliphatic carbocycles. The Kier molecular flexibility index (Phi) is 5.84. The second kappa shape index (κ2) is 8.52. The highest BCUT2D eigenvalue weighted by atomic mass is 35.5. The highest BCUT2D eigenvalue weighted by molar-refractivity contribution is 6.33. The molecule has 3 N–H and O–H groups in total. The summed E-state index contributed by atoms with van der Waals surface area (Å²) in [7, 11) is 2.12. The number of benzene rings is 1. The van der Waals surface area contributed by atoms with E-state index in [0.29, 0.717) is 11.4 Å². The van der Waals surface area contributed by atoms with E-state index in [1.807, 2.05) is 31.3 Å². The number of piperazine rings is 1. The van der Waals surface area contributed by atoms with E-state index in [0.717, 1.165) is 49.1 Å². The number of hydrogen-bond donors (Lipinski definition) is 3. The zero-order chi connectivity index (χ0) is 20.4. The lowest BCUT2D eigenvalue weighted by molar-refractivity contribution is -0.124. The smallest absolute Gasteiger partial charge is 0.225 e. The van der Waals surface area contributed by atoms with Crippen molar-refractivity contribution in [2.45, 2.75) is 25.7 Å². The first-order valence-corrected chi connectivity index (χ1v) is 10.2. The molecular formula is C20H26ClN7O. The third kappa shape index (κ3) is 4.60. The fourth-order valence-corrected chi connectivity index (χ4v) is 3.87. The van der Waals surface area contributed by atoms with Crippen LogP contribution >= 0.6 is 11.6 Å². The van der Waals surface area contributed by atoms with Crippen LogP contribution in [0.25, 0.3) is 0 Å². The van der Waals surface area contributed by atoms with Crippen molar-refractivity contribution >= 4 is 29.1 Å². The monoisotopic (exact) mass is 415 g/mol. The molecule has 2 fully saturated rings. The lowest BCUT2D eigenvalue weighted by atomic mass is 10.0. The summed E-state index contributed by atoms with van der Waals surface area (Å²) < 4.78 is 0. The Morgan fingerprint density at radius 1 is 1.21 bits per heavy atom. The van der Waals surface area contributed by atoms with Gasteiger partial charge in [-0.25, -0.2) is 9.97 Å². The van der Waals surface area contributed by atoms with Crippen molar-refractivity contribution in [3.63, 3.8) is 0 Å². The highest BCUT2D eigenvalue weighted by Crippen LogP contribution is 2.26. The molecule has 1 amide bonds. The minimum absolute atomic E-state index is 0.0409. The summed E-state index contributed by atoms with van der Waals surface area (Å²) in [4.78, 5) is 26.1. The number of carbonyl (C=O) groups excluding carboxylic acids is 1. The summed E-state index contributed by atoms with van der Waals surface area (Å²) >= 11 is 6.23. The van der Waals surface area contributed by atoms with Crippen LogP contribution in [0, 0.1) is 6.92 Å². The van der Waals surface area contributed by atoms with Crippen LogP contribution in [0.1, 0.15) is 23.7 Å². The molecule has 8 nitrogen and oxygen atoms in total. The van der Waals surface area contributed by atoms with E-state index in [1.165, 1.54) is 0 Å². The lowest BCUT2D eigenvalue weighted by Gasteiger charge is -2.34. The van der Waals surface area contributed by atoms with Gasteiger partial charge in [0.1, 0.15) is 0 Å². The molecule has 29 heavy (non-hydrogen) atoms. The minimum Gasteiger partial charge on any atom is -0.352 e. The van der Waals surface area contributed by atoms with Crippen molar-refractivity contribution in [2.24, 2.45) is 0 Å². The van der Waals surface area contributed by atoms with E-state index in [-0.39, 0.29) is 11.9 Å². The first-order chi connectivity index (χ1) is 14.0. The summed E-state index contributed by atoms with van der Waals surface area (Å²) in [6, 6.07) is 7.27. The molecule has 2 unspecified atom stereocenters. The van der Waals surface area contributed by atoms with Crippen LogP contribution in [-0.2, 0) is 4.79 Å². The summed E-state index contributed by atoms with van der Waals surface area (Å²) in [5.41, 5.74) is 2.58. The van der Waals surface area contributed by atoms with Gasteiger partial charge in [-0.2, -0.15) is 0 Å². The quantitative estimate of drug-likeness (QED) is 0.701. The molecule has 1 aromatic carbocycles. The molecule has 2 saturated heterocycles. The van der Waals surface area contributed by atoms with Gasteiger partial charge in [0.25, 0.3) is 0 Å². The fourth-order valence-electron chi connectivity index (χ4n) is 3.68. The van der Waals surface area contributed by atoms with E-state index < -0.39 is 6.29 Å². The molecule has 2 aliphatic heterocycles. The van der Waals surface area contributed by atoms with Crippen molar-refractivity contribution in [3.05, 3.63) is 46.7 Å². The number of para-hydroxylation sites is 1. The normalized spacial score (nSPS) is 23.0. The highest BCUT2D eigenvalue weighted by Gasteiger charge is 2.29. The van der Waals surface area contributed by atoms with Crippen LogP contribution in [0.3, 0.4) is 0 Å². The van der Waals surface area contributed by atoms with Gasteiger partial charge < -0.3 is 20.4 Å². The second-order valence-electron chi connectivity index (χ2n) is 7.55. The topological polar surface area (TPSA) is 85.4 Å². The summed E-state index contributed by atoms with van der Waals surface area (Å²) in [6.45, 7) is 5.82. The molecule has 3 heterocycles. The molecule has 9 heteroatoms. The molecule has 0 bridgehead atoms. The van der Waals surface area contributed by atoms with Gasteiger partial charge in [-0.15, -0.1) is 0 Å². The number of halogens is 1. The Balaban J connectivity index is 1.48. The molecule has 4 rings (SSSR count). The zero-order valence-corrected chi connectivity index (χ0v) is 17.4. The van der Waals surface area contributed by atoms with Gasteiger partial charge in [-0.3, -0.25) is 10.1 Å². The van der Waals surface area contributed by atoms with Crippen molar-refractivity contribution in [2.75, 3.05) is 43.4 Å². The first kappa shape index (κ1) is 19.9. The Morgan fingerprint density at radius 3 is 2.69 bits per heavy atom. The second-order valence-corrected chi connectivity index (χ2v) is 7.96. The van der Waals surface area contributed by atoms with E-state index in [9.17, 15) is 4.79 Å². The van der Waals surface area contributed by atoms with E-state index in [4.69, 9.17) is 16.6 Å².